The van der Waals surface area contributed by atoms with E-state index in [2.05, 4.69) is 30.1 Å². The van der Waals surface area contributed by atoms with Crippen molar-refractivity contribution in [3.05, 3.63) is 53.1 Å². The van der Waals surface area contributed by atoms with Crippen molar-refractivity contribution in [2.24, 2.45) is 10.2 Å². The molecule has 0 spiro atoms. The molecule has 0 unspecified atom stereocenters. The van der Waals surface area contributed by atoms with Crippen LogP contribution in [0.3, 0.4) is 0 Å². The molecular formula is C17H20N2O. The Bertz CT molecular complexity index is 645. The van der Waals surface area contributed by atoms with Crippen LogP contribution in [-0.4, -0.2) is 5.11 Å². The molecule has 2 rings (SSSR count). The summed E-state index contributed by atoms with van der Waals surface area (Å²) >= 11 is 0. The second-order valence-corrected chi connectivity index (χ2v) is 5.39. The van der Waals surface area contributed by atoms with Crippen LogP contribution >= 0.6 is 0 Å². The molecule has 0 saturated carbocycles. The molecular weight excluding hydrogens is 248 g/mol. The molecule has 1 N–H and O–H groups in total. The zero-order valence-electron chi connectivity index (χ0n) is 12.4. The molecule has 0 saturated heterocycles. The Morgan fingerprint density at radius 3 is 2.25 bits per heavy atom. The Kier molecular flexibility index (Phi) is 4.18. The van der Waals surface area contributed by atoms with E-state index < -0.39 is 0 Å². The molecule has 2 aromatic carbocycles. The highest BCUT2D eigenvalue weighted by atomic mass is 16.3. The quantitative estimate of drug-likeness (QED) is 0.729. The average molecular weight is 268 g/mol. The Morgan fingerprint density at radius 1 is 0.900 bits per heavy atom. The summed E-state index contributed by atoms with van der Waals surface area (Å²) in [7, 11) is 0. The molecule has 20 heavy (non-hydrogen) atoms. The van der Waals surface area contributed by atoms with E-state index in [4.69, 9.17) is 0 Å². The smallest absolute Gasteiger partial charge is 0.143 e. The highest BCUT2D eigenvalue weighted by Gasteiger charge is 2.05. The molecule has 0 aromatic heterocycles. The second-order valence-electron chi connectivity index (χ2n) is 5.39. The summed E-state index contributed by atoms with van der Waals surface area (Å²) in [6.45, 7) is 8.27. The Hall–Kier alpha value is -2.16. The lowest BCUT2D eigenvalue weighted by atomic mass is 10.0. The normalized spacial score (nSPS) is 11.4. The van der Waals surface area contributed by atoms with Gasteiger partial charge >= 0.3 is 0 Å². The fraction of sp³-hybridized carbons (Fsp3) is 0.294. The van der Waals surface area contributed by atoms with Crippen molar-refractivity contribution in [1.82, 2.24) is 0 Å². The van der Waals surface area contributed by atoms with Gasteiger partial charge in [-0.25, -0.2) is 0 Å². The third-order valence-electron chi connectivity index (χ3n) is 3.28. The van der Waals surface area contributed by atoms with E-state index in [0.717, 1.165) is 16.8 Å². The SMILES string of the molecule is Cc1ccc(N=Nc2cc(C(C)C)ccc2O)c(C)c1. The molecule has 0 aliphatic heterocycles. The summed E-state index contributed by atoms with van der Waals surface area (Å²) < 4.78 is 0. The van der Waals surface area contributed by atoms with Crippen LogP contribution in [0.5, 0.6) is 5.75 Å². The summed E-state index contributed by atoms with van der Waals surface area (Å²) in [6, 6.07) is 11.5. The first kappa shape index (κ1) is 14.3. The zero-order chi connectivity index (χ0) is 14.7. The Balaban J connectivity index is 2.33. The summed E-state index contributed by atoms with van der Waals surface area (Å²) in [5.41, 5.74) is 4.75. The molecule has 104 valence electrons. The monoisotopic (exact) mass is 268 g/mol. The van der Waals surface area contributed by atoms with Crippen molar-refractivity contribution in [1.29, 1.82) is 0 Å². The number of hydrogen-bond acceptors (Lipinski definition) is 3. The molecule has 2 aromatic rings. The van der Waals surface area contributed by atoms with Gasteiger partial charge in [0.2, 0.25) is 0 Å². The van der Waals surface area contributed by atoms with Crippen molar-refractivity contribution in [3.63, 3.8) is 0 Å². The van der Waals surface area contributed by atoms with Crippen LogP contribution in [0.1, 0.15) is 36.5 Å². The molecule has 0 amide bonds. The first-order chi connectivity index (χ1) is 9.47. The number of phenols is 1. The molecule has 0 atom stereocenters. The van der Waals surface area contributed by atoms with Gasteiger partial charge in [-0.1, -0.05) is 37.6 Å². The molecule has 3 heteroatoms. The van der Waals surface area contributed by atoms with Gasteiger partial charge in [0.05, 0.1) is 5.69 Å². The fourth-order valence-corrected chi connectivity index (χ4v) is 2.00. The van der Waals surface area contributed by atoms with Gasteiger partial charge < -0.3 is 5.11 Å². The topological polar surface area (TPSA) is 45.0 Å². The van der Waals surface area contributed by atoms with Crippen LogP contribution < -0.4 is 0 Å². The third-order valence-corrected chi connectivity index (χ3v) is 3.28. The number of phenolic OH excluding ortho intramolecular Hbond substituents is 1. The fourth-order valence-electron chi connectivity index (χ4n) is 2.00. The largest absolute Gasteiger partial charge is 0.506 e. The molecule has 3 nitrogen and oxygen atoms in total. The van der Waals surface area contributed by atoms with Gasteiger partial charge in [0.15, 0.2) is 0 Å². The standard InChI is InChI=1S/C17H20N2O/c1-11(2)14-6-8-17(20)16(10-14)19-18-15-7-5-12(3)9-13(15)4/h5-11,20H,1-4H3. The maximum Gasteiger partial charge on any atom is 0.143 e. The zero-order valence-corrected chi connectivity index (χ0v) is 12.4. The van der Waals surface area contributed by atoms with Gasteiger partial charge in [0, 0.05) is 0 Å². The molecule has 0 aliphatic rings. The minimum Gasteiger partial charge on any atom is -0.506 e. The summed E-state index contributed by atoms with van der Waals surface area (Å²) in [5.74, 6) is 0.550. The second kappa shape index (κ2) is 5.87. The van der Waals surface area contributed by atoms with Gasteiger partial charge in [-0.3, -0.25) is 0 Å². The summed E-state index contributed by atoms with van der Waals surface area (Å²) in [4.78, 5) is 0. The van der Waals surface area contributed by atoms with Gasteiger partial charge in [0.25, 0.3) is 0 Å². The molecule has 0 bridgehead atoms. The van der Waals surface area contributed by atoms with Crippen molar-refractivity contribution in [2.75, 3.05) is 0 Å². The van der Waals surface area contributed by atoms with E-state index in [0.29, 0.717) is 11.6 Å². The van der Waals surface area contributed by atoms with Crippen molar-refractivity contribution in [2.45, 2.75) is 33.6 Å². The van der Waals surface area contributed by atoms with E-state index in [9.17, 15) is 5.11 Å². The highest BCUT2D eigenvalue weighted by Crippen LogP contribution is 2.32. The van der Waals surface area contributed by atoms with Crippen LogP contribution in [0, 0.1) is 13.8 Å². The number of azo groups is 1. The van der Waals surface area contributed by atoms with Gasteiger partial charge in [0.1, 0.15) is 11.4 Å². The van der Waals surface area contributed by atoms with Crippen LogP contribution in [0.25, 0.3) is 0 Å². The van der Waals surface area contributed by atoms with Crippen molar-refractivity contribution in [3.8, 4) is 5.75 Å². The lowest BCUT2D eigenvalue weighted by molar-refractivity contribution is 0.476. The maximum absolute atomic E-state index is 9.85. The number of hydrogen-bond donors (Lipinski definition) is 1. The van der Waals surface area contributed by atoms with Crippen LogP contribution in [0.15, 0.2) is 46.6 Å². The molecule has 0 heterocycles. The highest BCUT2D eigenvalue weighted by molar-refractivity contribution is 5.54. The van der Waals surface area contributed by atoms with E-state index in [-0.39, 0.29) is 5.75 Å². The predicted octanol–water partition coefficient (Wildman–Crippen LogP) is 5.55. The van der Waals surface area contributed by atoms with Gasteiger partial charge in [-0.05, 0) is 49.1 Å². The number of nitrogens with zero attached hydrogens (tertiary/aromatic N) is 2. The number of aryl methyl sites for hydroxylation is 2. The minimum atomic E-state index is 0.155. The summed E-state index contributed by atoms with van der Waals surface area (Å²) in [5, 5.41) is 18.3. The third kappa shape index (κ3) is 3.23. The van der Waals surface area contributed by atoms with Crippen molar-refractivity contribution >= 4 is 11.4 Å². The first-order valence-electron chi connectivity index (χ1n) is 6.79. The van der Waals surface area contributed by atoms with Gasteiger partial charge in [-0.2, -0.15) is 5.11 Å². The van der Waals surface area contributed by atoms with Crippen LogP contribution in [0.2, 0.25) is 0 Å². The number of benzene rings is 2. The van der Waals surface area contributed by atoms with Crippen molar-refractivity contribution < 1.29 is 5.11 Å². The minimum absolute atomic E-state index is 0.155. The van der Waals surface area contributed by atoms with E-state index >= 15 is 0 Å². The lowest BCUT2D eigenvalue weighted by Gasteiger charge is -2.07. The summed E-state index contributed by atoms with van der Waals surface area (Å²) in [6.07, 6.45) is 0. The number of rotatable bonds is 3. The Labute approximate surface area is 120 Å². The first-order valence-corrected chi connectivity index (χ1v) is 6.79. The predicted molar refractivity (Wildman–Crippen MR) is 82.3 cm³/mol. The lowest BCUT2D eigenvalue weighted by Crippen LogP contribution is -1.85. The number of aromatic hydroxyl groups is 1. The van der Waals surface area contributed by atoms with E-state index in [1.807, 2.05) is 38.1 Å². The maximum atomic E-state index is 9.85. The van der Waals surface area contributed by atoms with Crippen LogP contribution in [0.4, 0.5) is 11.4 Å². The van der Waals surface area contributed by atoms with E-state index in [1.165, 1.54) is 5.56 Å². The Morgan fingerprint density at radius 2 is 1.60 bits per heavy atom. The van der Waals surface area contributed by atoms with Gasteiger partial charge in [-0.15, -0.1) is 5.11 Å². The molecule has 0 aliphatic carbocycles. The molecule has 0 radical (unpaired) electrons. The van der Waals surface area contributed by atoms with E-state index in [1.54, 1.807) is 6.07 Å². The van der Waals surface area contributed by atoms with Crippen LogP contribution in [-0.2, 0) is 0 Å². The average Bonchev–Trinajstić information content (AvgIpc) is 2.39. The molecule has 0 fully saturated rings.